The smallest absolute Gasteiger partial charge is 0.147 e. The Hall–Kier alpha value is -0.660. The molecule has 13 heavy (non-hydrogen) atoms. The number of alkyl halides is 1. The van der Waals surface area contributed by atoms with Crippen LogP contribution in [0.25, 0.3) is 0 Å². The van der Waals surface area contributed by atoms with E-state index in [1.54, 1.807) is 0 Å². The molecule has 0 radical (unpaired) electrons. The van der Waals surface area contributed by atoms with Crippen molar-refractivity contribution in [1.82, 2.24) is 4.98 Å². The van der Waals surface area contributed by atoms with E-state index in [2.05, 4.69) is 20.9 Å². The van der Waals surface area contributed by atoms with Crippen molar-refractivity contribution in [2.24, 2.45) is 0 Å². The van der Waals surface area contributed by atoms with Crippen LogP contribution in [0.1, 0.15) is 11.6 Å². The van der Waals surface area contributed by atoms with Gasteiger partial charge in [0.15, 0.2) is 0 Å². The normalized spacial score (nSPS) is 12.2. The van der Waals surface area contributed by atoms with Crippen molar-refractivity contribution in [1.29, 1.82) is 5.26 Å². The molecular weight excluding hydrogens is 258 g/mol. The number of hydrogen-bond acceptors (Lipinski definition) is 2. The molecule has 1 aromatic rings. The van der Waals surface area contributed by atoms with Gasteiger partial charge in [0.05, 0.1) is 11.8 Å². The van der Waals surface area contributed by atoms with Gasteiger partial charge in [-0.1, -0.05) is 0 Å². The van der Waals surface area contributed by atoms with E-state index in [-0.39, 0.29) is 11.6 Å². The fourth-order valence-electron chi connectivity index (χ4n) is 0.850. The second-order valence-electron chi connectivity index (χ2n) is 2.36. The Morgan fingerprint density at radius 3 is 2.92 bits per heavy atom. The van der Waals surface area contributed by atoms with E-state index in [1.807, 2.05) is 6.07 Å². The van der Waals surface area contributed by atoms with Crippen molar-refractivity contribution in [3.63, 3.8) is 0 Å². The standard InChI is InChI=1S/C8H5BrClFN2/c9-6-1-7(11)8(13-4-6)5(2-10)3-12/h1,4-5H,2H2. The average Bonchev–Trinajstić information content (AvgIpc) is 2.10. The lowest BCUT2D eigenvalue weighted by Gasteiger charge is -2.05. The molecule has 0 aliphatic carbocycles. The first-order valence-corrected chi connectivity index (χ1v) is 4.78. The van der Waals surface area contributed by atoms with Crippen molar-refractivity contribution >= 4 is 27.5 Å². The Bertz CT molecular complexity index is 350. The van der Waals surface area contributed by atoms with E-state index in [9.17, 15) is 4.39 Å². The molecule has 68 valence electrons. The topological polar surface area (TPSA) is 36.7 Å². The Kier molecular flexibility index (Phi) is 3.64. The lowest BCUT2D eigenvalue weighted by Crippen LogP contribution is -2.03. The van der Waals surface area contributed by atoms with Crippen LogP contribution in [0.2, 0.25) is 0 Å². The molecule has 2 nitrogen and oxygen atoms in total. The van der Waals surface area contributed by atoms with Gasteiger partial charge >= 0.3 is 0 Å². The van der Waals surface area contributed by atoms with Crippen LogP contribution in [0, 0.1) is 17.1 Å². The third kappa shape index (κ3) is 2.39. The Morgan fingerprint density at radius 1 is 1.77 bits per heavy atom. The van der Waals surface area contributed by atoms with Crippen LogP contribution in [0.4, 0.5) is 4.39 Å². The molecule has 1 aromatic heterocycles. The Morgan fingerprint density at radius 2 is 2.46 bits per heavy atom. The minimum absolute atomic E-state index is 0.0437. The van der Waals surface area contributed by atoms with E-state index in [1.165, 1.54) is 12.3 Å². The number of hydrogen-bond donors (Lipinski definition) is 0. The highest BCUT2D eigenvalue weighted by atomic mass is 79.9. The van der Waals surface area contributed by atoms with Crippen LogP contribution in [0.15, 0.2) is 16.7 Å². The molecule has 0 bridgehead atoms. The molecule has 5 heteroatoms. The van der Waals surface area contributed by atoms with Crippen LogP contribution >= 0.6 is 27.5 Å². The van der Waals surface area contributed by atoms with Crippen LogP contribution in [-0.4, -0.2) is 10.9 Å². The van der Waals surface area contributed by atoms with Gasteiger partial charge in [0.2, 0.25) is 0 Å². The highest BCUT2D eigenvalue weighted by molar-refractivity contribution is 9.10. The molecule has 0 spiro atoms. The fraction of sp³-hybridized carbons (Fsp3) is 0.250. The lowest BCUT2D eigenvalue weighted by atomic mass is 10.1. The zero-order chi connectivity index (χ0) is 9.84. The van der Waals surface area contributed by atoms with E-state index in [4.69, 9.17) is 16.9 Å². The lowest BCUT2D eigenvalue weighted by molar-refractivity contribution is 0.594. The van der Waals surface area contributed by atoms with Gasteiger partial charge in [-0.25, -0.2) is 4.39 Å². The monoisotopic (exact) mass is 262 g/mol. The summed E-state index contributed by atoms with van der Waals surface area (Å²) in [5, 5.41) is 8.62. The molecule has 0 saturated heterocycles. The summed E-state index contributed by atoms with van der Waals surface area (Å²) < 4.78 is 13.7. The van der Waals surface area contributed by atoms with E-state index in [0.717, 1.165) is 0 Å². The van der Waals surface area contributed by atoms with Crippen molar-refractivity contribution < 1.29 is 4.39 Å². The van der Waals surface area contributed by atoms with Gasteiger partial charge in [-0.3, -0.25) is 4.98 Å². The number of nitrogens with zero attached hydrogens (tertiary/aromatic N) is 2. The third-order valence-electron chi connectivity index (χ3n) is 1.48. The first kappa shape index (κ1) is 10.4. The average molecular weight is 263 g/mol. The fourth-order valence-corrected chi connectivity index (χ4v) is 1.37. The summed E-state index contributed by atoms with van der Waals surface area (Å²) in [7, 11) is 0. The maximum Gasteiger partial charge on any atom is 0.147 e. The summed E-state index contributed by atoms with van der Waals surface area (Å²) >= 11 is 8.54. The van der Waals surface area contributed by atoms with Gasteiger partial charge in [0.1, 0.15) is 11.7 Å². The predicted octanol–water partition coefficient (Wildman–Crippen LogP) is 2.83. The molecule has 1 rings (SSSR count). The molecule has 0 aromatic carbocycles. The van der Waals surface area contributed by atoms with Crippen molar-refractivity contribution in [3.8, 4) is 6.07 Å². The summed E-state index contributed by atoms with van der Waals surface area (Å²) in [5.41, 5.74) is 0.0979. The number of aromatic nitrogens is 1. The minimum atomic E-state index is -0.685. The third-order valence-corrected chi connectivity index (χ3v) is 2.22. The number of nitriles is 1. The van der Waals surface area contributed by atoms with Crippen molar-refractivity contribution in [2.45, 2.75) is 5.92 Å². The highest BCUT2D eigenvalue weighted by Gasteiger charge is 2.15. The first-order valence-electron chi connectivity index (χ1n) is 3.45. The summed E-state index contributed by atoms with van der Waals surface area (Å²) in [4.78, 5) is 3.79. The van der Waals surface area contributed by atoms with E-state index >= 15 is 0 Å². The molecule has 0 aliphatic heterocycles. The largest absolute Gasteiger partial charge is 0.256 e. The molecule has 0 fully saturated rings. The molecule has 0 N–H and O–H groups in total. The number of rotatable bonds is 2. The maximum absolute atomic E-state index is 13.2. The quantitative estimate of drug-likeness (QED) is 0.769. The highest BCUT2D eigenvalue weighted by Crippen LogP contribution is 2.20. The Balaban J connectivity index is 3.09. The zero-order valence-electron chi connectivity index (χ0n) is 6.47. The van der Waals surface area contributed by atoms with Crippen LogP contribution in [0.3, 0.4) is 0 Å². The van der Waals surface area contributed by atoms with Crippen LogP contribution < -0.4 is 0 Å². The summed E-state index contributed by atoms with van der Waals surface area (Å²) in [6.45, 7) is 0. The molecule has 1 unspecified atom stereocenters. The van der Waals surface area contributed by atoms with Gasteiger partial charge in [0, 0.05) is 16.5 Å². The van der Waals surface area contributed by atoms with E-state index < -0.39 is 11.7 Å². The first-order chi connectivity index (χ1) is 6.19. The Labute approximate surface area is 88.5 Å². The maximum atomic E-state index is 13.2. The zero-order valence-corrected chi connectivity index (χ0v) is 8.81. The SMILES string of the molecule is N#CC(CCl)c1ncc(Br)cc1F. The van der Waals surface area contributed by atoms with Gasteiger partial charge in [0.25, 0.3) is 0 Å². The second kappa shape index (κ2) is 4.54. The second-order valence-corrected chi connectivity index (χ2v) is 3.58. The molecule has 0 saturated carbocycles. The number of pyridine rings is 1. The van der Waals surface area contributed by atoms with Crippen molar-refractivity contribution in [3.05, 3.63) is 28.2 Å². The van der Waals surface area contributed by atoms with Gasteiger partial charge in [-0.2, -0.15) is 5.26 Å². The van der Waals surface area contributed by atoms with Crippen LogP contribution in [0.5, 0.6) is 0 Å². The summed E-state index contributed by atoms with van der Waals surface area (Å²) in [6.07, 6.45) is 1.44. The summed E-state index contributed by atoms with van der Waals surface area (Å²) in [5.74, 6) is -1.15. The van der Waals surface area contributed by atoms with Crippen molar-refractivity contribution in [2.75, 3.05) is 5.88 Å². The number of halogens is 3. The van der Waals surface area contributed by atoms with Gasteiger partial charge in [-0.15, -0.1) is 11.6 Å². The summed E-state index contributed by atoms with van der Waals surface area (Å²) in [6, 6.07) is 3.14. The van der Waals surface area contributed by atoms with Gasteiger partial charge in [-0.05, 0) is 22.0 Å². The molecule has 0 aliphatic rings. The minimum Gasteiger partial charge on any atom is -0.256 e. The molecule has 1 heterocycles. The van der Waals surface area contributed by atoms with Gasteiger partial charge < -0.3 is 0 Å². The van der Waals surface area contributed by atoms with Crippen LogP contribution in [-0.2, 0) is 0 Å². The predicted molar refractivity (Wildman–Crippen MR) is 51.0 cm³/mol. The molecule has 1 atom stereocenters. The van der Waals surface area contributed by atoms with E-state index in [0.29, 0.717) is 4.47 Å². The molecular formula is C8H5BrClFN2. The molecule has 0 amide bonds.